The van der Waals surface area contributed by atoms with Crippen molar-refractivity contribution in [1.82, 2.24) is 15.0 Å². The van der Waals surface area contributed by atoms with Crippen LogP contribution >= 0.6 is 0 Å². The first-order valence-electron chi connectivity index (χ1n) is 10.2. The van der Waals surface area contributed by atoms with Gasteiger partial charge in [0, 0.05) is 27.2 Å². The molecule has 0 unspecified atom stereocenters. The van der Waals surface area contributed by atoms with Crippen LogP contribution in [0, 0.1) is 0 Å². The maximum atomic E-state index is 12.9. The van der Waals surface area contributed by atoms with Crippen LogP contribution in [0.5, 0.6) is 0 Å². The molecule has 0 spiro atoms. The summed E-state index contributed by atoms with van der Waals surface area (Å²) in [5, 5.41) is 3.22. The maximum Gasteiger partial charge on any atom is 0.260 e. The molecule has 0 radical (unpaired) electrons. The van der Waals surface area contributed by atoms with Crippen molar-refractivity contribution in [3.8, 4) is 0 Å². The molecule has 0 bridgehead atoms. The van der Waals surface area contributed by atoms with Crippen LogP contribution in [0.25, 0.3) is 0 Å². The number of hydrogen-bond donors (Lipinski definition) is 1. The van der Waals surface area contributed by atoms with E-state index in [2.05, 4.69) is 20.2 Å². The second kappa shape index (κ2) is 7.84. The molecule has 5 rings (SSSR count). The summed E-state index contributed by atoms with van der Waals surface area (Å²) in [5.74, 6) is 1.92. The lowest BCUT2D eigenvalue weighted by Crippen LogP contribution is -2.36. The number of ether oxygens (including phenoxy) is 1. The first-order chi connectivity index (χ1) is 15.1. The van der Waals surface area contributed by atoms with Gasteiger partial charge in [-0.15, -0.1) is 0 Å². The zero-order valence-corrected chi connectivity index (χ0v) is 17.4. The topological polar surface area (TPSA) is 86.7 Å². The number of hydrogen-bond acceptors (Lipinski definition) is 8. The molecule has 31 heavy (non-hydrogen) atoms. The fraction of sp³-hybridized carbons (Fsp3) is 0.273. The van der Waals surface area contributed by atoms with Gasteiger partial charge in [-0.3, -0.25) is 4.79 Å². The minimum absolute atomic E-state index is 0.0894. The Kier molecular flexibility index (Phi) is 4.87. The lowest BCUT2D eigenvalue weighted by atomic mass is 10.1. The van der Waals surface area contributed by atoms with Crippen molar-refractivity contribution in [2.45, 2.75) is 0 Å². The number of nitrogens with zero attached hydrogens (tertiary/aromatic N) is 6. The van der Waals surface area contributed by atoms with E-state index >= 15 is 0 Å². The molecule has 1 N–H and O–H groups in total. The van der Waals surface area contributed by atoms with E-state index in [1.54, 1.807) is 24.3 Å². The highest BCUT2D eigenvalue weighted by atomic mass is 16.5. The summed E-state index contributed by atoms with van der Waals surface area (Å²) in [4.78, 5) is 32.3. The van der Waals surface area contributed by atoms with Crippen molar-refractivity contribution in [1.29, 1.82) is 0 Å². The van der Waals surface area contributed by atoms with E-state index in [1.807, 2.05) is 48.3 Å². The van der Waals surface area contributed by atoms with Crippen LogP contribution in [0.3, 0.4) is 0 Å². The molecule has 0 saturated carbocycles. The second-order valence-electron chi connectivity index (χ2n) is 7.47. The lowest BCUT2D eigenvalue weighted by molar-refractivity contribution is 0.0994. The molecular weight excluding hydrogens is 394 g/mol. The lowest BCUT2D eigenvalue weighted by Gasteiger charge is -2.27. The van der Waals surface area contributed by atoms with Gasteiger partial charge in [-0.05, 0) is 24.3 Å². The fourth-order valence-corrected chi connectivity index (χ4v) is 3.83. The van der Waals surface area contributed by atoms with Crippen LogP contribution in [0.1, 0.15) is 10.4 Å². The van der Waals surface area contributed by atoms with Gasteiger partial charge in [0.05, 0.1) is 42.5 Å². The number of pyridine rings is 1. The Morgan fingerprint density at radius 3 is 2.52 bits per heavy atom. The number of morpholine rings is 1. The average molecular weight is 417 g/mol. The molecule has 2 aliphatic heterocycles. The summed E-state index contributed by atoms with van der Waals surface area (Å²) in [6, 6.07) is 11.5. The summed E-state index contributed by atoms with van der Waals surface area (Å²) in [7, 11) is 3.64. The van der Waals surface area contributed by atoms with E-state index in [1.165, 1.54) is 0 Å². The van der Waals surface area contributed by atoms with Crippen molar-refractivity contribution in [2.75, 3.05) is 60.4 Å². The zero-order valence-electron chi connectivity index (χ0n) is 17.4. The van der Waals surface area contributed by atoms with Gasteiger partial charge in [0.15, 0.2) is 5.82 Å². The van der Waals surface area contributed by atoms with E-state index < -0.39 is 0 Å². The highest BCUT2D eigenvalue weighted by molar-refractivity contribution is 6.13. The van der Waals surface area contributed by atoms with E-state index in [9.17, 15) is 4.79 Å². The van der Waals surface area contributed by atoms with Gasteiger partial charge in [-0.25, -0.2) is 9.97 Å². The molecule has 1 saturated heterocycles. The van der Waals surface area contributed by atoms with Gasteiger partial charge in [0.1, 0.15) is 11.5 Å². The summed E-state index contributed by atoms with van der Waals surface area (Å²) in [5.41, 5.74) is 2.87. The van der Waals surface area contributed by atoms with Crippen molar-refractivity contribution in [3.63, 3.8) is 0 Å². The van der Waals surface area contributed by atoms with Gasteiger partial charge >= 0.3 is 0 Å². The van der Waals surface area contributed by atoms with E-state index in [4.69, 9.17) is 9.72 Å². The Hall–Kier alpha value is -3.72. The third-order valence-electron chi connectivity index (χ3n) is 5.57. The Balaban J connectivity index is 1.42. The molecule has 9 heteroatoms. The summed E-state index contributed by atoms with van der Waals surface area (Å²) in [6.45, 7) is 3.12. The molecule has 9 nitrogen and oxygen atoms in total. The molecule has 158 valence electrons. The Morgan fingerprint density at radius 1 is 0.935 bits per heavy atom. The molecule has 4 heterocycles. The molecule has 1 amide bonds. The molecule has 0 atom stereocenters. The van der Waals surface area contributed by atoms with Crippen molar-refractivity contribution >= 4 is 40.6 Å². The summed E-state index contributed by atoms with van der Waals surface area (Å²) in [6.07, 6.45) is 3.44. The van der Waals surface area contributed by atoms with Crippen LogP contribution in [-0.2, 0) is 4.74 Å². The minimum Gasteiger partial charge on any atom is -0.378 e. The van der Waals surface area contributed by atoms with Gasteiger partial charge in [0.2, 0.25) is 5.95 Å². The number of carbonyl (C=O) groups is 1. The van der Waals surface area contributed by atoms with E-state index in [0.717, 1.165) is 43.5 Å². The van der Waals surface area contributed by atoms with Crippen molar-refractivity contribution in [2.24, 2.45) is 0 Å². The summed E-state index contributed by atoms with van der Waals surface area (Å²) < 4.78 is 5.40. The Bertz CT molecular complexity index is 1110. The second-order valence-corrected chi connectivity index (χ2v) is 7.47. The number of para-hydroxylation sites is 1. The molecule has 1 aromatic carbocycles. The van der Waals surface area contributed by atoms with Crippen molar-refractivity contribution < 1.29 is 9.53 Å². The quantitative estimate of drug-likeness (QED) is 0.696. The summed E-state index contributed by atoms with van der Waals surface area (Å²) >= 11 is 0. The zero-order chi connectivity index (χ0) is 21.4. The van der Waals surface area contributed by atoms with Crippen LogP contribution < -0.4 is 20.0 Å². The molecule has 0 aliphatic carbocycles. The SMILES string of the molecule is CN1C(=O)c2ccccc2N(C)c2nc(Nc3ccc(N4CCOCC4)nc3)ncc21. The number of aromatic nitrogens is 3. The van der Waals surface area contributed by atoms with Gasteiger partial charge in [-0.2, -0.15) is 4.98 Å². The Labute approximate surface area is 180 Å². The molecule has 3 aromatic rings. The molecular formula is C22H23N7O2. The number of amides is 1. The molecule has 2 aromatic heterocycles. The Morgan fingerprint density at radius 2 is 1.74 bits per heavy atom. The largest absolute Gasteiger partial charge is 0.378 e. The number of rotatable bonds is 3. The maximum absolute atomic E-state index is 12.9. The monoisotopic (exact) mass is 417 g/mol. The van der Waals surface area contributed by atoms with Crippen LogP contribution in [0.15, 0.2) is 48.8 Å². The van der Waals surface area contributed by atoms with Crippen molar-refractivity contribution in [3.05, 3.63) is 54.4 Å². The third-order valence-corrected chi connectivity index (χ3v) is 5.57. The molecule has 1 fully saturated rings. The predicted molar refractivity (Wildman–Crippen MR) is 120 cm³/mol. The van der Waals surface area contributed by atoms with Gasteiger partial charge in [0.25, 0.3) is 5.91 Å². The number of anilines is 6. The number of nitrogens with one attached hydrogen (secondary N) is 1. The number of benzene rings is 1. The predicted octanol–water partition coefficient (Wildman–Crippen LogP) is 2.81. The smallest absolute Gasteiger partial charge is 0.260 e. The minimum atomic E-state index is -0.0894. The normalized spacial score (nSPS) is 15.9. The highest BCUT2D eigenvalue weighted by Gasteiger charge is 2.28. The van der Waals surface area contributed by atoms with Crippen LogP contribution in [-0.4, -0.2) is 61.3 Å². The van der Waals surface area contributed by atoms with E-state index in [-0.39, 0.29) is 5.91 Å². The fourth-order valence-electron chi connectivity index (χ4n) is 3.83. The number of fused-ring (bicyclic) bond motifs is 2. The highest BCUT2D eigenvalue weighted by Crippen LogP contribution is 2.37. The third kappa shape index (κ3) is 3.53. The van der Waals surface area contributed by atoms with Crippen LogP contribution in [0.2, 0.25) is 0 Å². The van der Waals surface area contributed by atoms with Gasteiger partial charge in [-0.1, -0.05) is 12.1 Å². The van der Waals surface area contributed by atoms with Crippen LogP contribution in [0.4, 0.5) is 34.6 Å². The average Bonchev–Trinajstić information content (AvgIpc) is 2.90. The molecule has 2 aliphatic rings. The van der Waals surface area contributed by atoms with Gasteiger partial charge < -0.3 is 24.8 Å². The first-order valence-corrected chi connectivity index (χ1v) is 10.2. The number of carbonyl (C=O) groups excluding carboxylic acids is 1. The first kappa shape index (κ1) is 19.3. The van der Waals surface area contributed by atoms with E-state index in [0.29, 0.717) is 23.0 Å². The standard InChI is InChI=1S/C22H23N7O2/c1-27-17-6-4-3-5-16(17)21(30)28(2)18-14-24-22(26-20(18)27)25-15-7-8-19(23-13-15)29-9-11-31-12-10-29/h3-8,13-14H,9-12H2,1-2H3,(H,24,25,26).